The number of sulfonamides is 1. The lowest BCUT2D eigenvalue weighted by Crippen LogP contribution is -2.43. The van der Waals surface area contributed by atoms with Crippen LogP contribution in [0.25, 0.3) is 0 Å². The Morgan fingerprint density at radius 3 is 2.70 bits per heavy atom. The average molecular weight is 317 g/mol. The van der Waals surface area contributed by atoms with Gasteiger partial charge in [0.1, 0.15) is 4.21 Å². The van der Waals surface area contributed by atoms with Gasteiger partial charge in [0.05, 0.1) is 0 Å². The molecule has 1 aromatic rings. The van der Waals surface area contributed by atoms with Crippen molar-refractivity contribution in [1.82, 2.24) is 14.9 Å². The number of nitrogens with one attached hydrogen (secondary N) is 2. The average Bonchev–Trinajstić information content (AvgIpc) is 2.88. The zero-order chi connectivity index (χ0) is 14.6. The maximum Gasteiger partial charge on any atom is 0.250 e. The Kier molecular flexibility index (Phi) is 5.57. The Balaban J connectivity index is 1.97. The van der Waals surface area contributed by atoms with Crippen LogP contribution in [0.2, 0.25) is 0 Å². The quantitative estimate of drug-likeness (QED) is 0.818. The van der Waals surface area contributed by atoms with Crippen LogP contribution in [0.4, 0.5) is 0 Å². The maximum absolute atomic E-state index is 12.3. The van der Waals surface area contributed by atoms with Gasteiger partial charge in [-0.15, -0.1) is 11.3 Å². The smallest absolute Gasteiger partial charge is 0.250 e. The normalized spacial score (nSPS) is 18.5. The second kappa shape index (κ2) is 7.00. The molecule has 0 atom stereocenters. The van der Waals surface area contributed by atoms with E-state index >= 15 is 0 Å². The first-order chi connectivity index (χ1) is 9.51. The zero-order valence-electron chi connectivity index (χ0n) is 12.1. The van der Waals surface area contributed by atoms with E-state index in [4.69, 9.17) is 0 Å². The van der Waals surface area contributed by atoms with Crippen LogP contribution in [-0.2, 0) is 16.4 Å². The number of rotatable bonds is 6. The summed E-state index contributed by atoms with van der Waals surface area (Å²) < 4.78 is 28.0. The first-order valence-corrected chi connectivity index (χ1v) is 9.25. The van der Waals surface area contributed by atoms with Crippen molar-refractivity contribution in [3.05, 3.63) is 17.0 Å². The highest BCUT2D eigenvalue weighted by Gasteiger charge is 2.24. The van der Waals surface area contributed by atoms with Gasteiger partial charge in [-0.05, 0) is 65.1 Å². The van der Waals surface area contributed by atoms with Crippen molar-refractivity contribution in [2.75, 3.05) is 33.7 Å². The Labute approximate surface area is 125 Å². The van der Waals surface area contributed by atoms with Crippen molar-refractivity contribution >= 4 is 21.4 Å². The molecule has 0 spiro atoms. The molecule has 2 heterocycles. The van der Waals surface area contributed by atoms with Crippen molar-refractivity contribution in [3.63, 3.8) is 0 Å². The molecule has 1 aliphatic rings. The Morgan fingerprint density at radius 2 is 2.05 bits per heavy atom. The standard InChI is InChI=1S/C13H23N3O2S2/c1-14-8-5-12-3-4-13(19-12)20(17,18)15-11-6-9-16(2)10-7-11/h3-4,11,14-15H,5-10H2,1-2H3. The van der Waals surface area contributed by atoms with E-state index in [1.54, 1.807) is 6.07 Å². The third-order valence-electron chi connectivity index (χ3n) is 3.56. The van der Waals surface area contributed by atoms with Crippen molar-refractivity contribution in [2.45, 2.75) is 29.5 Å². The largest absolute Gasteiger partial charge is 0.319 e. The predicted octanol–water partition coefficient (Wildman–Crippen LogP) is 0.882. The van der Waals surface area contributed by atoms with E-state index in [1.807, 2.05) is 13.1 Å². The molecule has 7 heteroatoms. The predicted molar refractivity (Wildman–Crippen MR) is 82.8 cm³/mol. The second-order valence-corrected chi connectivity index (χ2v) is 8.38. The number of likely N-dealkylation sites (N-methyl/N-ethyl adjacent to an activating group) is 1. The van der Waals surface area contributed by atoms with E-state index in [9.17, 15) is 8.42 Å². The molecule has 0 aliphatic carbocycles. The van der Waals surface area contributed by atoms with Gasteiger partial charge in [0.2, 0.25) is 10.0 Å². The first kappa shape index (κ1) is 15.9. The van der Waals surface area contributed by atoms with Gasteiger partial charge in [0, 0.05) is 10.9 Å². The summed E-state index contributed by atoms with van der Waals surface area (Å²) in [5.41, 5.74) is 0. The molecule has 0 aromatic carbocycles. The van der Waals surface area contributed by atoms with Crippen LogP contribution in [-0.4, -0.2) is 53.1 Å². The SMILES string of the molecule is CNCCc1ccc(S(=O)(=O)NC2CCN(C)CC2)s1. The highest BCUT2D eigenvalue weighted by molar-refractivity contribution is 7.91. The minimum atomic E-state index is -3.35. The van der Waals surface area contributed by atoms with Crippen LogP contribution in [0, 0.1) is 0 Å². The van der Waals surface area contributed by atoms with Crippen LogP contribution in [0.3, 0.4) is 0 Å². The highest BCUT2D eigenvalue weighted by atomic mass is 32.2. The lowest BCUT2D eigenvalue weighted by Gasteiger charge is -2.29. The molecule has 0 saturated carbocycles. The highest BCUT2D eigenvalue weighted by Crippen LogP contribution is 2.23. The van der Waals surface area contributed by atoms with Crippen molar-refractivity contribution < 1.29 is 8.42 Å². The van der Waals surface area contributed by atoms with Crippen LogP contribution >= 0.6 is 11.3 Å². The topological polar surface area (TPSA) is 61.4 Å². The molecule has 114 valence electrons. The fourth-order valence-corrected chi connectivity index (χ4v) is 4.97. The zero-order valence-corrected chi connectivity index (χ0v) is 13.7. The summed E-state index contributed by atoms with van der Waals surface area (Å²) in [6, 6.07) is 3.69. The van der Waals surface area contributed by atoms with E-state index < -0.39 is 10.0 Å². The van der Waals surface area contributed by atoms with Crippen LogP contribution in [0.15, 0.2) is 16.3 Å². The summed E-state index contributed by atoms with van der Waals surface area (Å²) in [4.78, 5) is 3.33. The summed E-state index contributed by atoms with van der Waals surface area (Å²) >= 11 is 1.37. The van der Waals surface area contributed by atoms with Gasteiger partial charge in [0.25, 0.3) is 0 Å². The minimum absolute atomic E-state index is 0.0686. The molecular weight excluding hydrogens is 294 g/mol. The van der Waals surface area contributed by atoms with Gasteiger partial charge < -0.3 is 10.2 Å². The first-order valence-electron chi connectivity index (χ1n) is 6.95. The van der Waals surface area contributed by atoms with E-state index in [-0.39, 0.29) is 6.04 Å². The van der Waals surface area contributed by atoms with Gasteiger partial charge in [0.15, 0.2) is 0 Å². The number of likely N-dealkylation sites (tertiary alicyclic amines) is 1. The minimum Gasteiger partial charge on any atom is -0.319 e. The summed E-state index contributed by atoms with van der Waals surface area (Å²) in [7, 11) is 0.611. The monoisotopic (exact) mass is 317 g/mol. The van der Waals surface area contributed by atoms with Gasteiger partial charge in [-0.2, -0.15) is 0 Å². The number of thiophene rings is 1. The molecule has 1 saturated heterocycles. The van der Waals surface area contributed by atoms with Gasteiger partial charge in [-0.3, -0.25) is 0 Å². The van der Waals surface area contributed by atoms with Crippen molar-refractivity contribution in [1.29, 1.82) is 0 Å². The summed E-state index contributed by atoms with van der Waals surface area (Å²) in [6.45, 7) is 2.76. The molecular formula is C13H23N3O2S2. The third kappa shape index (κ3) is 4.26. The maximum atomic E-state index is 12.3. The Hall–Kier alpha value is -0.470. The molecule has 0 bridgehead atoms. The summed E-state index contributed by atoms with van der Waals surface area (Å²) in [5.74, 6) is 0. The fourth-order valence-electron chi connectivity index (χ4n) is 2.29. The van der Waals surface area contributed by atoms with E-state index in [0.29, 0.717) is 4.21 Å². The fraction of sp³-hybridized carbons (Fsp3) is 0.692. The van der Waals surface area contributed by atoms with Crippen molar-refractivity contribution in [3.8, 4) is 0 Å². The van der Waals surface area contributed by atoms with Crippen LogP contribution in [0.5, 0.6) is 0 Å². The van der Waals surface area contributed by atoms with Gasteiger partial charge in [-0.25, -0.2) is 13.1 Å². The van der Waals surface area contributed by atoms with E-state index in [2.05, 4.69) is 22.0 Å². The molecule has 1 aromatic heterocycles. The molecule has 1 aliphatic heterocycles. The molecule has 0 radical (unpaired) electrons. The molecule has 2 rings (SSSR count). The number of piperidine rings is 1. The Bertz CT molecular complexity index is 519. The van der Waals surface area contributed by atoms with Crippen LogP contribution < -0.4 is 10.0 Å². The van der Waals surface area contributed by atoms with Gasteiger partial charge >= 0.3 is 0 Å². The number of hydrogen-bond acceptors (Lipinski definition) is 5. The summed E-state index contributed by atoms with van der Waals surface area (Å²) in [5, 5.41) is 3.07. The molecule has 1 fully saturated rings. The Morgan fingerprint density at radius 1 is 1.35 bits per heavy atom. The lowest BCUT2D eigenvalue weighted by molar-refractivity contribution is 0.248. The van der Waals surface area contributed by atoms with E-state index in [1.165, 1.54) is 11.3 Å². The molecule has 0 amide bonds. The second-order valence-electron chi connectivity index (χ2n) is 5.27. The van der Waals surface area contributed by atoms with Gasteiger partial charge in [-0.1, -0.05) is 0 Å². The molecule has 2 N–H and O–H groups in total. The molecule has 20 heavy (non-hydrogen) atoms. The van der Waals surface area contributed by atoms with Crippen molar-refractivity contribution in [2.24, 2.45) is 0 Å². The molecule has 5 nitrogen and oxygen atoms in total. The van der Waals surface area contributed by atoms with Crippen LogP contribution in [0.1, 0.15) is 17.7 Å². The summed E-state index contributed by atoms with van der Waals surface area (Å²) in [6.07, 6.45) is 2.63. The lowest BCUT2D eigenvalue weighted by atomic mass is 10.1. The molecule has 0 unspecified atom stereocenters. The number of nitrogens with zero attached hydrogens (tertiary/aromatic N) is 1. The number of hydrogen-bond donors (Lipinski definition) is 2. The third-order valence-corrected chi connectivity index (χ3v) is 6.72. The van der Waals surface area contributed by atoms with E-state index in [0.717, 1.165) is 43.8 Å².